The van der Waals surface area contributed by atoms with Crippen LogP contribution in [0.3, 0.4) is 0 Å². The van der Waals surface area contributed by atoms with Crippen LogP contribution in [0.25, 0.3) is 0 Å². The first-order valence-corrected chi connectivity index (χ1v) is 6.50. The maximum atomic E-state index is 11.2. The molecule has 2 heterocycles. The van der Waals surface area contributed by atoms with Gasteiger partial charge in [0, 0.05) is 19.5 Å². The number of nitrogens with zero attached hydrogens (tertiary/aromatic N) is 1. The van der Waals surface area contributed by atoms with Gasteiger partial charge < -0.3 is 20.1 Å². The molecule has 0 aromatic carbocycles. The van der Waals surface area contributed by atoms with Crippen LogP contribution >= 0.6 is 0 Å². The Morgan fingerprint density at radius 1 is 1.29 bits per heavy atom. The zero-order valence-electron chi connectivity index (χ0n) is 10.3. The molecule has 2 fully saturated rings. The number of amides is 1. The summed E-state index contributed by atoms with van der Waals surface area (Å²) in [6.45, 7) is 4.37. The molecule has 2 rings (SSSR count). The Kier molecular flexibility index (Phi) is 4.76. The minimum Gasteiger partial charge on any atom is -0.369 e. The Hall–Kier alpha value is -0.650. The van der Waals surface area contributed by atoms with Gasteiger partial charge in [0.1, 0.15) is 0 Å². The van der Waals surface area contributed by atoms with Gasteiger partial charge in [-0.1, -0.05) is 0 Å². The predicted octanol–water partition coefficient (Wildman–Crippen LogP) is 0.337. The molecular weight excluding hydrogens is 220 g/mol. The van der Waals surface area contributed by atoms with Crippen molar-refractivity contribution in [3.8, 4) is 0 Å². The summed E-state index contributed by atoms with van der Waals surface area (Å²) in [5.41, 5.74) is 5.35. The quantitative estimate of drug-likeness (QED) is 0.772. The Morgan fingerprint density at radius 2 is 2.06 bits per heavy atom. The normalized spacial score (nSPS) is 28.1. The van der Waals surface area contributed by atoms with Crippen LogP contribution in [0, 0.1) is 5.92 Å². The number of hydrogen-bond donors (Lipinski definition) is 1. The second-order valence-electron chi connectivity index (χ2n) is 4.86. The first-order valence-electron chi connectivity index (χ1n) is 6.50. The Bertz CT molecular complexity index is 254. The van der Waals surface area contributed by atoms with Crippen LogP contribution in [0.1, 0.15) is 25.7 Å². The number of likely N-dealkylation sites (tertiary alicyclic amines) is 1. The molecule has 5 heteroatoms. The van der Waals surface area contributed by atoms with E-state index in [0.717, 1.165) is 58.5 Å². The minimum atomic E-state index is -0.167. The van der Waals surface area contributed by atoms with Gasteiger partial charge in [0.05, 0.1) is 19.1 Å². The molecule has 0 spiro atoms. The van der Waals surface area contributed by atoms with Gasteiger partial charge in [-0.05, 0) is 25.8 Å². The second-order valence-corrected chi connectivity index (χ2v) is 4.86. The van der Waals surface area contributed by atoms with Crippen molar-refractivity contribution in [3.05, 3.63) is 0 Å². The lowest BCUT2D eigenvalue weighted by atomic mass is 9.97. The van der Waals surface area contributed by atoms with Gasteiger partial charge in [0.25, 0.3) is 0 Å². The van der Waals surface area contributed by atoms with E-state index in [1.54, 1.807) is 0 Å². The number of hydrogen-bond acceptors (Lipinski definition) is 4. The molecular formula is C12H22N2O3. The molecule has 0 radical (unpaired) electrons. The van der Waals surface area contributed by atoms with Crippen molar-refractivity contribution >= 4 is 5.91 Å². The summed E-state index contributed by atoms with van der Waals surface area (Å²) >= 11 is 0. The van der Waals surface area contributed by atoms with Crippen LogP contribution in [0.5, 0.6) is 0 Å². The average molecular weight is 242 g/mol. The molecule has 2 aliphatic heterocycles. The fourth-order valence-electron chi connectivity index (χ4n) is 2.48. The Balaban J connectivity index is 1.69. The zero-order valence-corrected chi connectivity index (χ0v) is 10.3. The van der Waals surface area contributed by atoms with E-state index in [0.29, 0.717) is 0 Å². The highest BCUT2D eigenvalue weighted by atomic mass is 16.7. The van der Waals surface area contributed by atoms with Crippen LogP contribution < -0.4 is 5.73 Å². The van der Waals surface area contributed by atoms with E-state index < -0.39 is 0 Å². The van der Waals surface area contributed by atoms with Crippen molar-refractivity contribution in [1.82, 2.24) is 4.90 Å². The molecule has 0 bridgehead atoms. The maximum absolute atomic E-state index is 11.2. The van der Waals surface area contributed by atoms with Gasteiger partial charge in [0.2, 0.25) is 5.91 Å². The average Bonchev–Trinajstić information content (AvgIpc) is 2.38. The number of primary amides is 1. The third-order valence-corrected chi connectivity index (χ3v) is 3.49. The van der Waals surface area contributed by atoms with E-state index in [1.807, 2.05) is 0 Å². The number of rotatable bonds is 4. The number of carbonyl (C=O) groups is 1. The van der Waals surface area contributed by atoms with Gasteiger partial charge in [-0.25, -0.2) is 0 Å². The number of piperidine rings is 1. The molecule has 1 atom stereocenters. The maximum Gasteiger partial charge on any atom is 0.221 e. The lowest BCUT2D eigenvalue weighted by molar-refractivity contribution is -0.183. The van der Waals surface area contributed by atoms with Crippen LogP contribution in [0.15, 0.2) is 0 Å². The predicted molar refractivity (Wildman–Crippen MR) is 63.3 cm³/mol. The molecule has 2 aliphatic rings. The van der Waals surface area contributed by atoms with Crippen LogP contribution in [-0.2, 0) is 14.3 Å². The van der Waals surface area contributed by atoms with E-state index in [-0.39, 0.29) is 18.1 Å². The monoisotopic (exact) mass is 242 g/mol. The molecule has 1 amide bonds. The van der Waals surface area contributed by atoms with Crippen molar-refractivity contribution in [2.24, 2.45) is 11.7 Å². The SMILES string of the molecule is NC(=O)C1CCCN(CCC2OCCCO2)C1. The summed E-state index contributed by atoms with van der Waals surface area (Å²) in [6, 6.07) is 0. The third kappa shape index (κ3) is 3.94. The molecule has 0 aliphatic carbocycles. The van der Waals surface area contributed by atoms with Gasteiger partial charge in [-0.15, -0.1) is 0 Å². The van der Waals surface area contributed by atoms with E-state index in [2.05, 4.69) is 4.90 Å². The summed E-state index contributed by atoms with van der Waals surface area (Å²) < 4.78 is 11.0. The number of nitrogens with two attached hydrogens (primary N) is 1. The van der Waals surface area contributed by atoms with Crippen molar-refractivity contribution < 1.29 is 14.3 Å². The Labute approximate surface area is 102 Å². The van der Waals surface area contributed by atoms with E-state index in [1.165, 1.54) is 0 Å². The fourth-order valence-corrected chi connectivity index (χ4v) is 2.48. The van der Waals surface area contributed by atoms with Gasteiger partial charge in [0.15, 0.2) is 6.29 Å². The molecule has 5 nitrogen and oxygen atoms in total. The number of ether oxygens (including phenoxy) is 2. The van der Waals surface area contributed by atoms with Crippen molar-refractivity contribution in [1.29, 1.82) is 0 Å². The van der Waals surface area contributed by atoms with Crippen LogP contribution in [0.4, 0.5) is 0 Å². The zero-order chi connectivity index (χ0) is 12.1. The molecule has 17 heavy (non-hydrogen) atoms. The second kappa shape index (κ2) is 6.33. The van der Waals surface area contributed by atoms with Crippen molar-refractivity contribution in [3.63, 3.8) is 0 Å². The summed E-state index contributed by atoms with van der Waals surface area (Å²) in [5.74, 6) is -0.142. The van der Waals surface area contributed by atoms with Gasteiger partial charge >= 0.3 is 0 Å². The van der Waals surface area contributed by atoms with Crippen LogP contribution in [-0.4, -0.2) is 49.9 Å². The standard InChI is InChI=1S/C12H22N2O3/c13-12(15)10-3-1-5-14(9-10)6-4-11-16-7-2-8-17-11/h10-11H,1-9H2,(H2,13,15). The highest BCUT2D eigenvalue weighted by Gasteiger charge is 2.24. The lowest BCUT2D eigenvalue weighted by Crippen LogP contribution is -2.42. The smallest absolute Gasteiger partial charge is 0.221 e. The topological polar surface area (TPSA) is 64.8 Å². The molecule has 2 saturated heterocycles. The summed E-state index contributed by atoms with van der Waals surface area (Å²) in [7, 11) is 0. The summed E-state index contributed by atoms with van der Waals surface area (Å²) in [4.78, 5) is 13.4. The van der Waals surface area contributed by atoms with E-state index >= 15 is 0 Å². The summed E-state index contributed by atoms with van der Waals surface area (Å²) in [5, 5.41) is 0. The highest BCUT2D eigenvalue weighted by molar-refractivity contribution is 5.76. The molecule has 0 saturated carbocycles. The first-order chi connectivity index (χ1) is 8.25. The van der Waals surface area contributed by atoms with E-state index in [9.17, 15) is 4.79 Å². The summed E-state index contributed by atoms with van der Waals surface area (Å²) in [6.07, 6.45) is 3.80. The molecule has 1 unspecified atom stereocenters. The minimum absolute atomic E-state index is 0.0249. The van der Waals surface area contributed by atoms with Crippen molar-refractivity contribution in [2.45, 2.75) is 32.0 Å². The van der Waals surface area contributed by atoms with Gasteiger partial charge in [-0.2, -0.15) is 0 Å². The van der Waals surface area contributed by atoms with Crippen LogP contribution in [0.2, 0.25) is 0 Å². The van der Waals surface area contributed by atoms with Crippen molar-refractivity contribution in [2.75, 3.05) is 32.8 Å². The Morgan fingerprint density at radius 3 is 2.76 bits per heavy atom. The third-order valence-electron chi connectivity index (χ3n) is 3.49. The molecule has 98 valence electrons. The molecule has 0 aromatic rings. The number of carbonyl (C=O) groups excluding carboxylic acids is 1. The van der Waals surface area contributed by atoms with E-state index in [4.69, 9.17) is 15.2 Å². The highest BCUT2D eigenvalue weighted by Crippen LogP contribution is 2.17. The molecule has 0 aromatic heterocycles. The first kappa shape index (κ1) is 12.8. The van der Waals surface area contributed by atoms with Gasteiger partial charge in [-0.3, -0.25) is 4.79 Å². The largest absolute Gasteiger partial charge is 0.369 e. The fraction of sp³-hybridized carbons (Fsp3) is 0.917. The lowest BCUT2D eigenvalue weighted by Gasteiger charge is -2.32. The molecule has 2 N–H and O–H groups in total.